The second-order valence-electron chi connectivity index (χ2n) is 8.43. The monoisotopic (exact) mass is 418 g/mol. The minimum absolute atomic E-state index is 0.0951. The highest BCUT2D eigenvalue weighted by molar-refractivity contribution is 5.94. The van der Waals surface area contributed by atoms with Crippen molar-refractivity contribution >= 4 is 5.91 Å². The molecular formula is C23H34N2O5. The summed E-state index contributed by atoms with van der Waals surface area (Å²) in [4.78, 5) is 15.1. The number of hydrogen-bond acceptors (Lipinski definition) is 6. The Morgan fingerprint density at radius 2 is 1.93 bits per heavy atom. The van der Waals surface area contributed by atoms with Crippen molar-refractivity contribution in [3.8, 4) is 11.5 Å². The second kappa shape index (κ2) is 10.5. The third kappa shape index (κ3) is 5.45. The van der Waals surface area contributed by atoms with Crippen LogP contribution < -0.4 is 14.8 Å². The molecule has 0 unspecified atom stereocenters. The fourth-order valence-corrected chi connectivity index (χ4v) is 4.68. The van der Waals surface area contributed by atoms with Gasteiger partial charge in [-0.1, -0.05) is 12.8 Å². The molecule has 7 nitrogen and oxygen atoms in total. The van der Waals surface area contributed by atoms with E-state index in [1.165, 1.54) is 25.7 Å². The average molecular weight is 419 g/mol. The minimum Gasteiger partial charge on any atom is -0.493 e. The Hall–Kier alpha value is -1.83. The van der Waals surface area contributed by atoms with E-state index in [0.29, 0.717) is 43.4 Å². The van der Waals surface area contributed by atoms with Crippen LogP contribution >= 0.6 is 0 Å². The van der Waals surface area contributed by atoms with Gasteiger partial charge < -0.3 is 29.2 Å². The van der Waals surface area contributed by atoms with Gasteiger partial charge in [-0.05, 0) is 43.9 Å². The summed E-state index contributed by atoms with van der Waals surface area (Å²) in [6.07, 6.45) is 7.61. The van der Waals surface area contributed by atoms with E-state index < -0.39 is 0 Å². The topological polar surface area (TPSA) is 69.3 Å². The van der Waals surface area contributed by atoms with Crippen molar-refractivity contribution in [2.45, 2.75) is 56.8 Å². The van der Waals surface area contributed by atoms with Crippen molar-refractivity contribution in [1.82, 2.24) is 10.2 Å². The molecule has 4 rings (SSSR count). The Bertz CT molecular complexity index is 693. The summed E-state index contributed by atoms with van der Waals surface area (Å²) in [6.45, 7) is 4.33. The van der Waals surface area contributed by atoms with Crippen LogP contribution in [0, 0.1) is 0 Å². The van der Waals surface area contributed by atoms with Gasteiger partial charge in [0.05, 0.1) is 33.0 Å². The van der Waals surface area contributed by atoms with Crippen LogP contribution in [0.5, 0.6) is 11.5 Å². The number of methoxy groups -OCH3 is 1. The van der Waals surface area contributed by atoms with Crippen LogP contribution in [-0.4, -0.2) is 75.6 Å². The number of nitrogens with one attached hydrogen (secondary N) is 1. The normalized spacial score (nSPS) is 24.0. The number of ether oxygens (including phenoxy) is 4. The van der Waals surface area contributed by atoms with Gasteiger partial charge in [0.2, 0.25) is 0 Å². The lowest BCUT2D eigenvalue weighted by Gasteiger charge is -2.36. The largest absolute Gasteiger partial charge is 0.493 e. The van der Waals surface area contributed by atoms with Gasteiger partial charge in [0.15, 0.2) is 11.5 Å². The number of piperidine rings is 1. The van der Waals surface area contributed by atoms with E-state index in [-0.39, 0.29) is 18.1 Å². The predicted octanol–water partition coefficient (Wildman–Crippen LogP) is 2.63. The molecule has 30 heavy (non-hydrogen) atoms. The zero-order valence-electron chi connectivity index (χ0n) is 17.9. The lowest BCUT2D eigenvalue weighted by molar-refractivity contribution is -0.0855. The van der Waals surface area contributed by atoms with Gasteiger partial charge in [-0.15, -0.1) is 0 Å². The van der Waals surface area contributed by atoms with Crippen LogP contribution in [0.1, 0.15) is 48.9 Å². The first-order valence-corrected chi connectivity index (χ1v) is 11.3. The van der Waals surface area contributed by atoms with Gasteiger partial charge in [0.1, 0.15) is 6.10 Å². The Labute approximate surface area is 179 Å². The van der Waals surface area contributed by atoms with Crippen molar-refractivity contribution < 1.29 is 23.7 Å². The minimum atomic E-state index is -0.154. The van der Waals surface area contributed by atoms with Crippen molar-refractivity contribution in [3.05, 3.63) is 23.8 Å². The number of rotatable bonds is 7. The molecular weight excluding hydrogens is 384 g/mol. The van der Waals surface area contributed by atoms with Crippen LogP contribution in [0.4, 0.5) is 0 Å². The van der Waals surface area contributed by atoms with Gasteiger partial charge in [0.25, 0.3) is 5.91 Å². The number of likely N-dealkylation sites (tertiary alicyclic amines) is 1. The average Bonchev–Trinajstić information content (AvgIpc) is 3.34. The first-order valence-electron chi connectivity index (χ1n) is 11.3. The van der Waals surface area contributed by atoms with E-state index in [1.807, 2.05) is 6.07 Å². The van der Waals surface area contributed by atoms with Crippen molar-refractivity contribution in [1.29, 1.82) is 0 Å². The van der Waals surface area contributed by atoms with E-state index in [2.05, 4.69) is 10.2 Å². The molecule has 1 aliphatic carbocycles. The molecule has 1 aromatic carbocycles. The van der Waals surface area contributed by atoms with E-state index in [4.69, 9.17) is 18.9 Å². The Balaban J connectivity index is 1.29. The SMILES string of the molecule is COc1cc(C(=O)NC[C@@H]2COCCO2)ccc1OC1CCN(C2CCCC2)CC1. The quantitative estimate of drug-likeness (QED) is 0.734. The number of hydrogen-bond donors (Lipinski definition) is 1. The maximum absolute atomic E-state index is 12.5. The number of carbonyl (C=O) groups is 1. The van der Waals surface area contributed by atoms with E-state index in [9.17, 15) is 4.79 Å². The Morgan fingerprint density at radius 1 is 1.13 bits per heavy atom. The molecule has 1 N–H and O–H groups in total. The van der Waals surface area contributed by atoms with E-state index in [1.54, 1.807) is 19.2 Å². The maximum Gasteiger partial charge on any atom is 0.251 e. The molecule has 1 amide bonds. The van der Waals surface area contributed by atoms with Crippen molar-refractivity contribution in [2.24, 2.45) is 0 Å². The van der Waals surface area contributed by atoms with Crippen LogP contribution in [0.25, 0.3) is 0 Å². The lowest BCUT2D eigenvalue weighted by Crippen LogP contribution is -2.43. The van der Waals surface area contributed by atoms with Crippen molar-refractivity contribution in [3.63, 3.8) is 0 Å². The molecule has 0 radical (unpaired) electrons. The second-order valence-corrected chi connectivity index (χ2v) is 8.43. The van der Waals surface area contributed by atoms with Gasteiger partial charge in [-0.25, -0.2) is 0 Å². The summed E-state index contributed by atoms with van der Waals surface area (Å²) >= 11 is 0. The van der Waals surface area contributed by atoms with E-state index in [0.717, 1.165) is 32.0 Å². The molecule has 1 atom stereocenters. The van der Waals surface area contributed by atoms with Gasteiger partial charge in [-0.2, -0.15) is 0 Å². The Kier molecular flexibility index (Phi) is 7.47. The zero-order valence-corrected chi connectivity index (χ0v) is 17.9. The highest BCUT2D eigenvalue weighted by Crippen LogP contribution is 2.32. The molecule has 1 saturated carbocycles. The summed E-state index contributed by atoms with van der Waals surface area (Å²) < 4.78 is 22.7. The molecule has 2 saturated heterocycles. The van der Waals surface area contributed by atoms with Gasteiger partial charge >= 0.3 is 0 Å². The highest BCUT2D eigenvalue weighted by atomic mass is 16.6. The lowest BCUT2D eigenvalue weighted by atomic mass is 10.0. The van der Waals surface area contributed by atoms with Crippen LogP contribution in [0.2, 0.25) is 0 Å². The molecule has 166 valence electrons. The number of nitrogens with zero attached hydrogens (tertiary/aromatic N) is 1. The van der Waals surface area contributed by atoms with Gasteiger partial charge in [0, 0.05) is 31.2 Å². The molecule has 0 spiro atoms. The number of carbonyl (C=O) groups excluding carboxylic acids is 1. The number of benzene rings is 1. The Morgan fingerprint density at radius 3 is 2.63 bits per heavy atom. The molecule has 2 aliphatic heterocycles. The first-order chi connectivity index (χ1) is 14.7. The third-order valence-electron chi connectivity index (χ3n) is 6.41. The predicted molar refractivity (Wildman–Crippen MR) is 113 cm³/mol. The van der Waals surface area contributed by atoms with Crippen LogP contribution in [0.3, 0.4) is 0 Å². The molecule has 1 aromatic rings. The summed E-state index contributed by atoms with van der Waals surface area (Å²) in [5, 5.41) is 2.91. The smallest absolute Gasteiger partial charge is 0.251 e. The zero-order chi connectivity index (χ0) is 20.8. The standard InChI is InChI=1S/C23H34N2O5/c1-27-22-14-17(23(26)24-15-20-16-28-12-13-29-20)6-7-21(22)30-19-8-10-25(11-9-19)18-4-2-3-5-18/h6-7,14,18-20H,2-5,8-13,15-16H2,1H3,(H,24,26)/t20-/m1/s1. The fraction of sp³-hybridized carbons (Fsp3) is 0.696. The highest BCUT2D eigenvalue weighted by Gasteiger charge is 2.28. The summed E-state index contributed by atoms with van der Waals surface area (Å²) in [5.41, 5.74) is 0.548. The van der Waals surface area contributed by atoms with Crippen molar-refractivity contribution in [2.75, 3.05) is 46.6 Å². The molecule has 7 heteroatoms. The summed E-state index contributed by atoms with van der Waals surface area (Å²) in [7, 11) is 1.61. The van der Waals surface area contributed by atoms with Crippen LogP contribution in [-0.2, 0) is 9.47 Å². The molecule has 3 aliphatic rings. The van der Waals surface area contributed by atoms with Crippen LogP contribution in [0.15, 0.2) is 18.2 Å². The molecule has 3 fully saturated rings. The maximum atomic E-state index is 12.5. The molecule has 2 heterocycles. The number of amides is 1. The van der Waals surface area contributed by atoms with Gasteiger partial charge in [-0.3, -0.25) is 4.79 Å². The first kappa shape index (κ1) is 21.4. The summed E-state index contributed by atoms with van der Waals surface area (Å²) in [5.74, 6) is 1.15. The fourth-order valence-electron chi connectivity index (χ4n) is 4.68. The van der Waals surface area contributed by atoms with E-state index >= 15 is 0 Å². The molecule has 0 aromatic heterocycles. The summed E-state index contributed by atoms with van der Waals surface area (Å²) in [6, 6.07) is 6.16. The molecule has 0 bridgehead atoms. The third-order valence-corrected chi connectivity index (χ3v) is 6.41.